The molecule has 2 nitrogen and oxygen atoms in total. The second-order valence-electron chi connectivity index (χ2n) is 4.18. The monoisotopic (exact) mass is 213 g/mol. The molecule has 16 heavy (non-hydrogen) atoms. The zero-order valence-corrected chi connectivity index (χ0v) is 9.51. The maximum Gasteiger partial charge on any atom is 0.133 e. The number of nitrogens with zero attached hydrogens (tertiary/aromatic N) is 1. The molecule has 0 aliphatic heterocycles. The molecule has 0 amide bonds. The molecule has 1 N–H and O–H groups in total. The first-order chi connectivity index (χ1) is 7.66. The molecule has 1 aromatic carbocycles. The zero-order chi connectivity index (χ0) is 11.5. The van der Waals surface area contributed by atoms with Crippen LogP contribution in [0.15, 0.2) is 42.6 Å². The highest BCUT2D eigenvalue weighted by Crippen LogP contribution is 2.22. The minimum atomic E-state index is 0.197. The second kappa shape index (κ2) is 4.35. The van der Waals surface area contributed by atoms with Gasteiger partial charge in [-0.15, -0.1) is 0 Å². The molecule has 2 aromatic rings. The van der Waals surface area contributed by atoms with Gasteiger partial charge in [-0.1, -0.05) is 38.1 Å². The van der Waals surface area contributed by atoms with Crippen molar-refractivity contribution in [3.63, 3.8) is 0 Å². The summed E-state index contributed by atoms with van der Waals surface area (Å²) < 4.78 is 0. The summed E-state index contributed by atoms with van der Waals surface area (Å²) in [5, 5.41) is 9.16. The number of aromatic hydroxyl groups is 1. The van der Waals surface area contributed by atoms with Crippen molar-refractivity contribution in [1.82, 2.24) is 4.98 Å². The van der Waals surface area contributed by atoms with Gasteiger partial charge in [0.15, 0.2) is 0 Å². The maximum atomic E-state index is 9.16. The molecule has 0 unspecified atom stereocenters. The Kier molecular flexibility index (Phi) is 2.91. The Labute approximate surface area is 95.6 Å². The minimum absolute atomic E-state index is 0.197. The quantitative estimate of drug-likeness (QED) is 0.827. The summed E-state index contributed by atoms with van der Waals surface area (Å²) in [7, 11) is 0. The smallest absolute Gasteiger partial charge is 0.133 e. The Hall–Kier alpha value is -1.83. The van der Waals surface area contributed by atoms with Gasteiger partial charge in [0.1, 0.15) is 5.75 Å². The van der Waals surface area contributed by atoms with Crippen LogP contribution in [0.4, 0.5) is 0 Å². The molecule has 0 fully saturated rings. The standard InChI is InChI=1S/C14H15NO/c1-10(2)11-3-5-12(6-4-11)14-8-7-13(16)9-15-14/h3-10,16H,1-2H3. The Morgan fingerprint density at radius 2 is 1.69 bits per heavy atom. The summed E-state index contributed by atoms with van der Waals surface area (Å²) in [5.41, 5.74) is 3.28. The Morgan fingerprint density at radius 1 is 1.00 bits per heavy atom. The van der Waals surface area contributed by atoms with E-state index in [9.17, 15) is 0 Å². The normalized spacial score (nSPS) is 10.7. The molecular weight excluding hydrogens is 198 g/mol. The average Bonchev–Trinajstić information content (AvgIpc) is 2.30. The Balaban J connectivity index is 2.31. The van der Waals surface area contributed by atoms with Crippen molar-refractivity contribution in [3.05, 3.63) is 48.2 Å². The fraction of sp³-hybridized carbons (Fsp3) is 0.214. The third kappa shape index (κ3) is 2.22. The van der Waals surface area contributed by atoms with Crippen LogP contribution >= 0.6 is 0 Å². The van der Waals surface area contributed by atoms with Crippen LogP contribution in [0.1, 0.15) is 25.3 Å². The molecule has 0 saturated carbocycles. The molecule has 2 heteroatoms. The van der Waals surface area contributed by atoms with Crippen LogP contribution in [0.5, 0.6) is 5.75 Å². The molecule has 1 aromatic heterocycles. The van der Waals surface area contributed by atoms with Gasteiger partial charge in [-0.2, -0.15) is 0 Å². The van der Waals surface area contributed by atoms with Gasteiger partial charge in [-0.25, -0.2) is 0 Å². The first-order valence-corrected chi connectivity index (χ1v) is 5.42. The summed E-state index contributed by atoms with van der Waals surface area (Å²) >= 11 is 0. The summed E-state index contributed by atoms with van der Waals surface area (Å²) in [6, 6.07) is 11.8. The summed E-state index contributed by atoms with van der Waals surface area (Å²) in [5.74, 6) is 0.740. The molecular formula is C14H15NO. The maximum absolute atomic E-state index is 9.16. The van der Waals surface area contributed by atoms with E-state index >= 15 is 0 Å². The molecule has 2 rings (SSSR count). The van der Waals surface area contributed by atoms with Crippen LogP contribution in [-0.4, -0.2) is 10.1 Å². The second-order valence-corrected chi connectivity index (χ2v) is 4.18. The largest absolute Gasteiger partial charge is 0.506 e. The van der Waals surface area contributed by atoms with E-state index < -0.39 is 0 Å². The first-order valence-electron chi connectivity index (χ1n) is 5.42. The van der Waals surface area contributed by atoms with E-state index in [4.69, 9.17) is 5.11 Å². The lowest BCUT2D eigenvalue weighted by Crippen LogP contribution is -1.87. The van der Waals surface area contributed by atoms with Crippen molar-refractivity contribution in [3.8, 4) is 17.0 Å². The van der Waals surface area contributed by atoms with Crippen molar-refractivity contribution >= 4 is 0 Å². The first kappa shape index (κ1) is 10.7. The molecule has 0 aliphatic carbocycles. The van der Waals surface area contributed by atoms with Gasteiger partial charge < -0.3 is 5.11 Å². The van der Waals surface area contributed by atoms with E-state index in [-0.39, 0.29) is 5.75 Å². The van der Waals surface area contributed by atoms with Gasteiger partial charge in [-0.3, -0.25) is 4.98 Å². The van der Waals surface area contributed by atoms with E-state index in [0.29, 0.717) is 5.92 Å². The number of aromatic nitrogens is 1. The highest BCUT2D eigenvalue weighted by molar-refractivity contribution is 5.59. The van der Waals surface area contributed by atoms with Crippen molar-refractivity contribution in [1.29, 1.82) is 0 Å². The minimum Gasteiger partial charge on any atom is -0.506 e. The zero-order valence-electron chi connectivity index (χ0n) is 9.51. The van der Waals surface area contributed by atoms with Gasteiger partial charge in [0.05, 0.1) is 11.9 Å². The highest BCUT2D eigenvalue weighted by Gasteiger charge is 2.01. The molecule has 82 valence electrons. The van der Waals surface area contributed by atoms with E-state index in [1.54, 1.807) is 6.07 Å². The molecule has 0 saturated heterocycles. The van der Waals surface area contributed by atoms with Crippen LogP contribution in [0, 0.1) is 0 Å². The summed E-state index contributed by atoms with van der Waals surface area (Å²) in [6.07, 6.45) is 1.46. The molecule has 1 heterocycles. The molecule has 0 bridgehead atoms. The highest BCUT2D eigenvalue weighted by atomic mass is 16.3. The predicted molar refractivity (Wildman–Crippen MR) is 65.4 cm³/mol. The fourth-order valence-corrected chi connectivity index (χ4v) is 1.60. The molecule has 0 spiro atoms. The molecule has 0 radical (unpaired) electrons. The van der Waals surface area contributed by atoms with Crippen LogP contribution in [0.2, 0.25) is 0 Å². The average molecular weight is 213 g/mol. The SMILES string of the molecule is CC(C)c1ccc(-c2ccc(O)cn2)cc1. The van der Waals surface area contributed by atoms with Gasteiger partial charge >= 0.3 is 0 Å². The van der Waals surface area contributed by atoms with Gasteiger partial charge in [0, 0.05) is 5.56 Å². The predicted octanol–water partition coefficient (Wildman–Crippen LogP) is 3.58. The van der Waals surface area contributed by atoms with Crippen molar-refractivity contribution in [2.75, 3.05) is 0 Å². The van der Waals surface area contributed by atoms with Crippen molar-refractivity contribution in [2.24, 2.45) is 0 Å². The third-order valence-electron chi connectivity index (χ3n) is 2.62. The number of pyridine rings is 1. The van der Waals surface area contributed by atoms with Gasteiger partial charge in [0.2, 0.25) is 0 Å². The Morgan fingerprint density at radius 3 is 2.19 bits per heavy atom. The number of benzene rings is 1. The Bertz CT molecular complexity index is 457. The third-order valence-corrected chi connectivity index (χ3v) is 2.62. The summed E-state index contributed by atoms with van der Waals surface area (Å²) in [4.78, 5) is 4.17. The lowest BCUT2D eigenvalue weighted by Gasteiger charge is -2.06. The molecule has 0 aliphatic rings. The van der Waals surface area contributed by atoms with Crippen molar-refractivity contribution in [2.45, 2.75) is 19.8 Å². The van der Waals surface area contributed by atoms with Gasteiger partial charge in [-0.05, 0) is 23.6 Å². The lowest BCUT2D eigenvalue weighted by molar-refractivity contribution is 0.473. The van der Waals surface area contributed by atoms with Crippen LogP contribution in [0.25, 0.3) is 11.3 Å². The van der Waals surface area contributed by atoms with Gasteiger partial charge in [0.25, 0.3) is 0 Å². The van der Waals surface area contributed by atoms with Crippen LogP contribution in [0.3, 0.4) is 0 Å². The van der Waals surface area contributed by atoms with Crippen LogP contribution in [-0.2, 0) is 0 Å². The van der Waals surface area contributed by atoms with E-state index in [0.717, 1.165) is 11.3 Å². The topological polar surface area (TPSA) is 33.1 Å². The van der Waals surface area contributed by atoms with E-state index in [1.807, 2.05) is 6.07 Å². The lowest BCUT2D eigenvalue weighted by atomic mass is 10.0. The van der Waals surface area contributed by atoms with Crippen LogP contribution < -0.4 is 0 Å². The summed E-state index contributed by atoms with van der Waals surface area (Å²) in [6.45, 7) is 4.35. The number of hydrogen-bond donors (Lipinski definition) is 1. The molecule has 0 atom stereocenters. The van der Waals surface area contributed by atoms with Crippen molar-refractivity contribution < 1.29 is 5.11 Å². The number of rotatable bonds is 2. The fourth-order valence-electron chi connectivity index (χ4n) is 1.60. The van der Waals surface area contributed by atoms with E-state index in [1.165, 1.54) is 11.8 Å². The van der Waals surface area contributed by atoms with E-state index in [2.05, 4.69) is 43.1 Å². The number of hydrogen-bond acceptors (Lipinski definition) is 2.